The number of hydrogen-bond donors (Lipinski definition) is 1. The molecule has 15 atom stereocenters. The van der Waals surface area contributed by atoms with Crippen molar-refractivity contribution in [3.8, 4) is 0 Å². The Morgan fingerprint density at radius 1 is 0.981 bits per heavy atom. The van der Waals surface area contributed by atoms with Gasteiger partial charge in [0.25, 0.3) is 0 Å². The van der Waals surface area contributed by atoms with E-state index in [1.165, 1.54) is 0 Å². The molecule has 1 aromatic heterocycles. The second kappa shape index (κ2) is 16.1. The van der Waals surface area contributed by atoms with Crippen LogP contribution in [0.5, 0.6) is 0 Å². The second-order valence-corrected chi connectivity index (χ2v) is 16.0. The molecule has 5 heterocycles. The molecule has 15 heteroatoms. The van der Waals surface area contributed by atoms with Gasteiger partial charge in [-0.1, -0.05) is 27.7 Å². The van der Waals surface area contributed by atoms with E-state index in [0.717, 1.165) is 0 Å². The van der Waals surface area contributed by atoms with E-state index in [4.69, 9.17) is 37.9 Å². The van der Waals surface area contributed by atoms with Crippen molar-refractivity contribution in [2.24, 2.45) is 23.7 Å². The van der Waals surface area contributed by atoms with E-state index >= 15 is 0 Å². The highest BCUT2D eigenvalue weighted by Crippen LogP contribution is 2.46. The van der Waals surface area contributed by atoms with Crippen molar-refractivity contribution >= 4 is 24.2 Å². The third-order valence-electron chi connectivity index (χ3n) is 11.6. The van der Waals surface area contributed by atoms with Gasteiger partial charge in [-0.2, -0.15) is 0 Å². The van der Waals surface area contributed by atoms with Crippen LogP contribution in [-0.2, 0) is 53.9 Å². The number of aromatic nitrogens is 1. The summed E-state index contributed by atoms with van der Waals surface area (Å²) in [7, 11) is 3.71. The molecular weight excluding hydrogens is 692 g/mol. The summed E-state index contributed by atoms with van der Waals surface area (Å²) in [6, 6.07) is 3.05. The highest BCUT2D eigenvalue weighted by Gasteiger charge is 2.61. The van der Waals surface area contributed by atoms with Crippen LogP contribution in [0.2, 0.25) is 0 Å². The van der Waals surface area contributed by atoms with Crippen LogP contribution in [0.1, 0.15) is 80.2 Å². The zero-order valence-corrected chi connectivity index (χ0v) is 32.4. The van der Waals surface area contributed by atoms with Gasteiger partial charge in [0.1, 0.15) is 36.1 Å². The molecule has 296 valence electrons. The third kappa shape index (κ3) is 8.42. The van der Waals surface area contributed by atoms with Crippen molar-refractivity contribution in [3.63, 3.8) is 0 Å². The number of carbonyl (C=O) groups is 4. The van der Waals surface area contributed by atoms with E-state index < -0.39 is 102 Å². The second-order valence-electron chi connectivity index (χ2n) is 16.0. The number of esters is 2. The SMILES string of the molecule is CC[C@H]1OC(=O)[C@H](C)[C@@H](OC(=O)Cc2ccncc2)[C@H](C)[C@@H](O[C@@H]2O[C@H](C)C[C@H](N(C)C)[C@H]2O)C2(C)C[C@@H](C)[C@H](OC(=O)O2)[C@H](C)[C@H]2OC(=O)O[C@@]21C. The highest BCUT2D eigenvalue weighted by molar-refractivity contribution is 5.76. The molecule has 4 saturated heterocycles. The number of cyclic esters (lactones) is 1. The maximum atomic E-state index is 14.2. The first-order chi connectivity index (χ1) is 24.9. The maximum Gasteiger partial charge on any atom is 0.509 e. The van der Waals surface area contributed by atoms with Crippen LogP contribution >= 0.6 is 0 Å². The van der Waals surface area contributed by atoms with Crippen molar-refractivity contribution in [2.45, 2.75) is 147 Å². The molecule has 0 aliphatic carbocycles. The van der Waals surface area contributed by atoms with Gasteiger partial charge in [-0.15, -0.1) is 0 Å². The fraction of sp³-hybridized carbons (Fsp3) is 0.763. The lowest BCUT2D eigenvalue weighted by molar-refractivity contribution is -0.298. The summed E-state index contributed by atoms with van der Waals surface area (Å²) in [5.74, 6) is -4.37. The Kier molecular flexibility index (Phi) is 12.3. The van der Waals surface area contributed by atoms with Gasteiger partial charge < -0.3 is 47.9 Å². The lowest BCUT2D eigenvalue weighted by atomic mass is 9.73. The fourth-order valence-electron chi connectivity index (χ4n) is 8.88. The number of hydrogen-bond acceptors (Lipinski definition) is 15. The Morgan fingerprint density at radius 2 is 1.64 bits per heavy atom. The zero-order valence-electron chi connectivity index (χ0n) is 32.4. The fourth-order valence-corrected chi connectivity index (χ4v) is 8.88. The van der Waals surface area contributed by atoms with Crippen LogP contribution in [0.4, 0.5) is 9.59 Å². The molecule has 0 spiro atoms. The molecule has 2 bridgehead atoms. The van der Waals surface area contributed by atoms with Crippen molar-refractivity contribution in [2.75, 3.05) is 14.1 Å². The summed E-state index contributed by atoms with van der Waals surface area (Å²) >= 11 is 0. The molecule has 1 aromatic rings. The maximum absolute atomic E-state index is 14.2. The van der Waals surface area contributed by atoms with Gasteiger partial charge in [0, 0.05) is 30.3 Å². The summed E-state index contributed by atoms with van der Waals surface area (Å²) in [6.07, 6.45) is -5.70. The third-order valence-corrected chi connectivity index (χ3v) is 11.6. The summed E-state index contributed by atoms with van der Waals surface area (Å²) in [5, 5.41) is 11.6. The Bertz CT molecular complexity index is 1480. The normalized spacial score (nSPS) is 42.2. The van der Waals surface area contributed by atoms with E-state index in [1.807, 2.05) is 32.8 Å². The standard InChI is InChI=1S/C38H56N2O13/c1-11-26-38(8)32(51-36(45)53-38)21(4)29-19(2)18-37(7,52-35(44)49-29)31(50-34-28(42)25(40(9)10)16-20(3)46-34)22(5)30(23(6)33(43)47-26)48-27(41)17-24-12-14-39-15-13-24/h12-15,19-23,25-26,28-32,34,42H,11,16-18H2,1-10H3/t19-,20-,21+,22+,23-,25+,26-,28-,29+,30+,31-,32-,34+,37?,38-/m1/s1. The first-order valence-electron chi connectivity index (χ1n) is 18.6. The molecule has 0 radical (unpaired) electrons. The Morgan fingerprint density at radius 3 is 2.28 bits per heavy atom. The summed E-state index contributed by atoms with van der Waals surface area (Å²) in [5.41, 5.74) is -2.29. The number of likely N-dealkylation sites (N-methyl/N-ethyl adjacent to an activating group) is 1. The molecule has 1 unspecified atom stereocenters. The quantitative estimate of drug-likeness (QED) is 0.310. The van der Waals surface area contributed by atoms with Crippen LogP contribution in [-0.4, -0.2) is 120 Å². The van der Waals surface area contributed by atoms with Gasteiger partial charge in [0.2, 0.25) is 0 Å². The number of nitrogens with zero attached hydrogens (tertiary/aromatic N) is 2. The predicted molar refractivity (Wildman–Crippen MR) is 186 cm³/mol. The van der Waals surface area contributed by atoms with E-state index in [9.17, 15) is 24.3 Å². The number of aliphatic hydroxyl groups is 1. The van der Waals surface area contributed by atoms with Crippen LogP contribution in [0.3, 0.4) is 0 Å². The van der Waals surface area contributed by atoms with Gasteiger partial charge in [0.05, 0.1) is 18.4 Å². The van der Waals surface area contributed by atoms with Gasteiger partial charge >= 0.3 is 24.2 Å². The van der Waals surface area contributed by atoms with Crippen LogP contribution in [0, 0.1) is 23.7 Å². The minimum atomic E-state index is -1.48. The van der Waals surface area contributed by atoms with Crippen LogP contribution in [0.15, 0.2) is 24.5 Å². The van der Waals surface area contributed by atoms with Gasteiger partial charge in [-0.3, -0.25) is 14.6 Å². The smallest absolute Gasteiger partial charge is 0.461 e. The highest BCUT2D eigenvalue weighted by atomic mass is 16.8. The number of ether oxygens (including phenoxy) is 8. The topological polar surface area (TPSA) is 178 Å². The van der Waals surface area contributed by atoms with Gasteiger partial charge in [-0.05, 0) is 84.7 Å². The van der Waals surface area contributed by atoms with E-state index in [1.54, 1.807) is 66.1 Å². The van der Waals surface area contributed by atoms with E-state index in [2.05, 4.69) is 4.98 Å². The lowest BCUT2D eigenvalue weighted by Crippen LogP contribution is -2.60. The minimum absolute atomic E-state index is 0.118. The lowest BCUT2D eigenvalue weighted by Gasteiger charge is -2.47. The Hall–Kier alpha value is -3.53. The first-order valence-corrected chi connectivity index (χ1v) is 18.6. The average Bonchev–Trinajstić information content (AvgIpc) is 3.34. The largest absolute Gasteiger partial charge is 0.509 e. The van der Waals surface area contributed by atoms with E-state index in [0.29, 0.717) is 12.0 Å². The molecule has 0 saturated carbocycles. The monoisotopic (exact) mass is 748 g/mol. The number of carbonyl (C=O) groups excluding carboxylic acids is 4. The Balaban J connectivity index is 1.63. The first kappa shape index (κ1) is 40.7. The van der Waals surface area contributed by atoms with Gasteiger partial charge in [0.15, 0.2) is 18.0 Å². The number of aliphatic hydroxyl groups excluding tert-OH is 1. The molecule has 53 heavy (non-hydrogen) atoms. The molecular formula is C38H56N2O13. The van der Waals surface area contributed by atoms with E-state index in [-0.39, 0.29) is 31.4 Å². The number of rotatable bonds is 7. The van der Waals surface area contributed by atoms with Crippen molar-refractivity contribution < 1.29 is 62.2 Å². The van der Waals surface area contributed by atoms with Crippen LogP contribution in [0.25, 0.3) is 0 Å². The molecule has 5 rings (SSSR count). The molecule has 1 N–H and O–H groups in total. The van der Waals surface area contributed by atoms with Crippen molar-refractivity contribution in [1.82, 2.24) is 9.88 Å². The molecule has 0 amide bonds. The minimum Gasteiger partial charge on any atom is -0.461 e. The zero-order chi connectivity index (χ0) is 39.0. The van der Waals surface area contributed by atoms with Crippen LogP contribution < -0.4 is 0 Å². The number of fused-ring (bicyclic) bond motifs is 4. The van der Waals surface area contributed by atoms with Gasteiger partial charge in [-0.25, -0.2) is 9.59 Å². The molecule has 15 nitrogen and oxygen atoms in total. The molecule has 4 aliphatic rings. The number of pyridine rings is 1. The summed E-state index contributed by atoms with van der Waals surface area (Å²) in [4.78, 5) is 60.3. The predicted octanol–water partition coefficient (Wildman–Crippen LogP) is 4.21. The van der Waals surface area contributed by atoms with Crippen molar-refractivity contribution in [3.05, 3.63) is 30.1 Å². The summed E-state index contributed by atoms with van der Waals surface area (Å²) in [6.45, 7) is 14.0. The Labute approximate surface area is 311 Å². The molecule has 4 fully saturated rings. The average molecular weight is 749 g/mol. The van der Waals surface area contributed by atoms with Crippen molar-refractivity contribution in [1.29, 1.82) is 0 Å². The summed E-state index contributed by atoms with van der Waals surface area (Å²) < 4.78 is 48.9. The molecule has 0 aromatic carbocycles. The molecule has 4 aliphatic heterocycles.